The number of aromatic nitrogens is 1. The van der Waals surface area contributed by atoms with Gasteiger partial charge in [0.1, 0.15) is 5.60 Å². The minimum Gasteiger partial charge on any atom is -0.444 e. The average Bonchev–Trinajstić information content (AvgIpc) is 3.34. The van der Waals surface area contributed by atoms with Gasteiger partial charge in [-0.3, -0.25) is 9.78 Å². The fraction of sp³-hybridized carbons (Fsp3) is 0.632. The molecule has 1 aromatic rings. The van der Waals surface area contributed by atoms with E-state index in [-0.39, 0.29) is 29.9 Å². The van der Waals surface area contributed by atoms with E-state index in [1.54, 1.807) is 11.1 Å². The summed E-state index contributed by atoms with van der Waals surface area (Å²) >= 11 is 0. The molecule has 0 aromatic carbocycles. The molecule has 0 N–H and O–H groups in total. The second kappa shape index (κ2) is 6.65. The van der Waals surface area contributed by atoms with Crippen LogP contribution in [0.2, 0.25) is 0 Å². The fourth-order valence-electron chi connectivity index (χ4n) is 3.42. The van der Waals surface area contributed by atoms with Crippen molar-refractivity contribution in [2.24, 2.45) is 5.92 Å². The summed E-state index contributed by atoms with van der Waals surface area (Å²) in [5.74, 6) is 0.544. The molecule has 0 spiro atoms. The monoisotopic (exact) mass is 345 g/mol. The molecular weight excluding hydrogens is 318 g/mol. The summed E-state index contributed by atoms with van der Waals surface area (Å²) in [5, 5.41) is 0. The van der Waals surface area contributed by atoms with Crippen LogP contribution in [0.3, 0.4) is 0 Å². The van der Waals surface area contributed by atoms with Gasteiger partial charge in [0.05, 0.1) is 0 Å². The van der Waals surface area contributed by atoms with Crippen molar-refractivity contribution in [1.29, 1.82) is 0 Å². The summed E-state index contributed by atoms with van der Waals surface area (Å²) in [6.07, 6.45) is 4.19. The SMILES string of the molecule is C[C@@H]1CN(C(=O)OC(C)(C)C)CCN1C(=O)[C@H]1C[C@@H]1c1cccnc1. The first-order valence-electron chi connectivity index (χ1n) is 8.94. The van der Waals surface area contributed by atoms with E-state index in [4.69, 9.17) is 4.74 Å². The maximum atomic E-state index is 12.8. The lowest BCUT2D eigenvalue weighted by molar-refractivity contribution is -0.137. The number of hydrogen-bond donors (Lipinski definition) is 0. The molecule has 2 fully saturated rings. The van der Waals surface area contributed by atoms with Crippen LogP contribution in [0.4, 0.5) is 4.79 Å². The zero-order valence-corrected chi connectivity index (χ0v) is 15.4. The summed E-state index contributed by atoms with van der Waals surface area (Å²) in [4.78, 5) is 32.8. The van der Waals surface area contributed by atoms with Gasteiger partial charge in [-0.15, -0.1) is 0 Å². The minimum atomic E-state index is -0.502. The Morgan fingerprint density at radius 3 is 2.64 bits per heavy atom. The number of hydrogen-bond acceptors (Lipinski definition) is 4. The summed E-state index contributed by atoms with van der Waals surface area (Å²) < 4.78 is 5.43. The predicted molar refractivity (Wildman–Crippen MR) is 94.1 cm³/mol. The second-order valence-corrected chi connectivity index (χ2v) is 8.04. The van der Waals surface area contributed by atoms with Gasteiger partial charge in [-0.2, -0.15) is 0 Å². The van der Waals surface area contributed by atoms with Gasteiger partial charge in [0.25, 0.3) is 0 Å². The quantitative estimate of drug-likeness (QED) is 0.827. The van der Waals surface area contributed by atoms with E-state index < -0.39 is 5.60 Å². The molecule has 2 heterocycles. The van der Waals surface area contributed by atoms with Crippen LogP contribution in [0.5, 0.6) is 0 Å². The third kappa shape index (κ3) is 4.11. The Hall–Kier alpha value is -2.11. The van der Waals surface area contributed by atoms with Crippen LogP contribution in [0.15, 0.2) is 24.5 Å². The van der Waals surface area contributed by atoms with Crippen LogP contribution >= 0.6 is 0 Å². The van der Waals surface area contributed by atoms with Crippen LogP contribution in [-0.4, -0.2) is 58.1 Å². The number of nitrogens with zero attached hydrogens (tertiary/aromatic N) is 3. The van der Waals surface area contributed by atoms with Crippen LogP contribution in [0.25, 0.3) is 0 Å². The van der Waals surface area contributed by atoms with Crippen molar-refractivity contribution in [3.63, 3.8) is 0 Å². The van der Waals surface area contributed by atoms with Gasteiger partial charge >= 0.3 is 6.09 Å². The van der Waals surface area contributed by atoms with Gasteiger partial charge in [-0.1, -0.05) is 6.07 Å². The topological polar surface area (TPSA) is 62.7 Å². The maximum Gasteiger partial charge on any atom is 0.410 e. The third-order valence-electron chi connectivity index (χ3n) is 4.78. The molecule has 3 atom stereocenters. The molecule has 1 aromatic heterocycles. The molecule has 1 saturated heterocycles. The largest absolute Gasteiger partial charge is 0.444 e. The number of pyridine rings is 1. The van der Waals surface area contributed by atoms with Crippen molar-refractivity contribution in [2.45, 2.75) is 51.7 Å². The van der Waals surface area contributed by atoms with Crippen molar-refractivity contribution in [3.8, 4) is 0 Å². The number of carbonyl (C=O) groups excluding carboxylic acids is 2. The number of amides is 2. The molecule has 1 aliphatic carbocycles. The Morgan fingerprint density at radius 2 is 2.04 bits per heavy atom. The van der Waals surface area contributed by atoms with E-state index in [1.807, 2.05) is 50.9 Å². The van der Waals surface area contributed by atoms with Gasteiger partial charge in [0, 0.05) is 44.0 Å². The van der Waals surface area contributed by atoms with Crippen molar-refractivity contribution in [1.82, 2.24) is 14.8 Å². The lowest BCUT2D eigenvalue weighted by Gasteiger charge is -2.40. The Bertz CT molecular complexity index is 641. The molecule has 3 rings (SSSR count). The first-order valence-corrected chi connectivity index (χ1v) is 8.94. The normalized spacial score (nSPS) is 26.3. The van der Waals surface area contributed by atoms with E-state index in [1.165, 1.54) is 0 Å². The second-order valence-electron chi connectivity index (χ2n) is 8.04. The Kier molecular flexibility index (Phi) is 4.71. The van der Waals surface area contributed by atoms with Crippen molar-refractivity contribution in [3.05, 3.63) is 30.1 Å². The summed E-state index contributed by atoms with van der Waals surface area (Å²) in [5.41, 5.74) is 0.638. The van der Waals surface area contributed by atoms with Crippen LogP contribution in [-0.2, 0) is 9.53 Å². The minimum absolute atomic E-state index is 0.00363. The van der Waals surface area contributed by atoms with Gasteiger partial charge in [0.2, 0.25) is 5.91 Å². The van der Waals surface area contributed by atoms with Crippen LogP contribution in [0, 0.1) is 5.92 Å². The van der Waals surface area contributed by atoms with E-state index >= 15 is 0 Å². The highest BCUT2D eigenvalue weighted by molar-refractivity contribution is 5.83. The molecule has 0 unspecified atom stereocenters. The van der Waals surface area contributed by atoms with Gasteiger partial charge in [-0.25, -0.2) is 4.79 Å². The highest BCUT2D eigenvalue weighted by Gasteiger charge is 2.47. The Balaban J connectivity index is 1.55. The summed E-state index contributed by atoms with van der Waals surface area (Å²) in [7, 11) is 0. The van der Waals surface area contributed by atoms with Crippen molar-refractivity contribution >= 4 is 12.0 Å². The van der Waals surface area contributed by atoms with E-state index in [2.05, 4.69) is 4.98 Å². The van der Waals surface area contributed by atoms with Crippen molar-refractivity contribution < 1.29 is 14.3 Å². The molecular formula is C19H27N3O3. The molecule has 136 valence electrons. The summed E-state index contributed by atoms with van der Waals surface area (Å²) in [6, 6.07) is 3.95. The van der Waals surface area contributed by atoms with Gasteiger partial charge in [-0.05, 0) is 51.7 Å². The Labute approximate surface area is 149 Å². The molecule has 0 radical (unpaired) electrons. The third-order valence-corrected chi connectivity index (χ3v) is 4.78. The van der Waals surface area contributed by atoms with Crippen molar-refractivity contribution in [2.75, 3.05) is 19.6 Å². The van der Waals surface area contributed by atoms with Crippen LogP contribution in [0.1, 0.15) is 45.6 Å². The van der Waals surface area contributed by atoms with Gasteiger partial charge in [0.15, 0.2) is 0 Å². The smallest absolute Gasteiger partial charge is 0.410 e. The molecule has 2 amide bonds. The first-order chi connectivity index (χ1) is 11.8. The molecule has 6 nitrogen and oxygen atoms in total. The Morgan fingerprint density at radius 1 is 1.28 bits per heavy atom. The highest BCUT2D eigenvalue weighted by Crippen LogP contribution is 2.48. The van der Waals surface area contributed by atoms with Gasteiger partial charge < -0.3 is 14.5 Å². The standard InChI is InChI=1S/C19H27N3O3/c1-13-12-21(18(24)25-19(2,3)4)8-9-22(13)17(23)16-10-15(16)14-6-5-7-20-11-14/h5-7,11,13,15-16H,8-10,12H2,1-4H3/t13-,15-,16+/m1/s1. The van der Waals surface area contributed by atoms with E-state index in [9.17, 15) is 9.59 Å². The number of rotatable bonds is 2. The van der Waals surface area contributed by atoms with E-state index in [0.717, 1.165) is 12.0 Å². The molecule has 1 aliphatic heterocycles. The zero-order valence-electron chi connectivity index (χ0n) is 15.4. The van der Waals surface area contributed by atoms with E-state index in [0.29, 0.717) is 19.6 Å². The highest BCUT2D eigenvalue weighted by atomic mass is 16.6. The number of piperazine rings is 1. The molecule has 0 bridgehead atoms. The molecule has 6 heteroatoms. The molecule has 1 saturated carbocycles. The average molecular weight is 345 g/mol. The predicted octanol–water partition coefficient (Wildman–Crippen LogP) is 2.65. The molecule has 25 heavy (non-hydrogen) atoms. The maximum absolute atomic E-state index is 12.8. The number of carbonyl (C=O) groups is 2. The zero-order chi connectivity index (χ0) is 18.2. The fourth-order valence-corrected chi connectivity index (χ4v) is 3.42. The number of ether oxygens (including phenoxy) is 1. The first kappa shape index (κ1) is 17.7. The summed E-state index contributed by atoms with van der Waals surface area (Å²) in [6.45, 7) is 9.19. The van der Waals surface area contributed by atoms with Crippen LogP contribution < -0.4 is 0 Å². The lowest BCUT2D eigenvalue weighted by Crippen LogP contribution is -2.56. The molecule has 2 aliphatic rings. The lowest BCUT2D eigenvalue weighted by atomic mass is 10.1.